The molecule has 1 amide bonds. The minimum absolute atomic E-state index is 0.123. The zero-order chi connectivity index (χ0) is 19.4. The Kier molecular flexibility index (Phi) is 6.19. The van der Waals surface area contributed by atoms with Crippen LogP contribution in [0.3, 0.4) is 0 Å². The highest BCUT2D eigenvalue weighted by molar-refractivity contribution is 7.89. The van der Waals surface area contributed by atoms with Crippen LogP contribution in [0.4, 0.5) is 5.69 Å². The van der Waals surface area contributed by atoms with Crippen LogP contribution in [-0.4, -0.2) is 31.2 Å². The maximum Gasteiger partial charge on any atom is 0.243 e. The van der Waals surface area contributed by atoms with Crippen molar-refractivity contribution in [3.63, 3.8) is 0 Å². The van der Waals surface area contributed by atoms with Crippen molar-refractivity contribution >= 4 is 33.2 Å². The molecule has 27 heavy (non-hydrogen) atoms. The van der Waals surface area contributed by atoms with Crippen molar-refractivity contribution in [2.75, 3.05) is 11.9 Å². The molecule has 0 radical (unpaired) electrons. The fraction of sp³-hybridized carbons (Fsp3) is 0.350. The summed E-state index contributed by atoms with van der Waals surface area (Å²) in [4.78, 5) is 12.8. The lowest BCUT2D eigenvalue weighted by atomic mass is 10.0. The summed E-state index contributed by atoms with van der Waals surface area (Å²) in [5, 5.41) is 3.41. The average molecular weight is 407 g/mol. The largest absolute Gasteiger partial charge is 0.326 e. The van der Waals surface area contributed by atoms with E-state index in [0.29, 0.717) is 23.7 Å². The number of nitrogens with one attached hydrogen (secondary N) is 1. The minimum Gasteiger partial charge on any atom is -0.326 e. The Hall–Kier alpha value is -1.89. The molecule has 1 fully saturated rings. The van der Waals surface area contributed by atoms with E-state index in [-0.39, 0.29) is 23.3 Å². The second-order valence-corrected chi connectivity index (χ2v) is 9.09. The van der Waals surface area contributed by atoms with E-state index >= 15 is 0 Å². The first kappa shape index (κ1) is 19.9. The number of anilines is 1. The molecule has 1 aliphatic rings. The summed E-state index contributed by atoms with van der Waals surface area (Å²) >= 11 is 6.10. The predicted octanol–water partition coefficient (Wildman–Crippen LogP) is 4.22. The van der Waals surface area contributed by atoms with Gasteiger partial charge in [-0.3, -0.25) is 4.79 Å². The van der Waals surface area contributed by atoms with Crippen molar-refractivity contribution in [2.45, 2.75) is 43.5 Å². The van der Waals surface area contributed by atoms with E-state index in [1.54, 1.807) is 42.5 Å². The van der Waals surface area contributed by atoms with Crippen LogP contribution in [0, 0.1) is 6.92 Å². The molecule has 0 aromatic heterocycles. The zero-order valence-electron chi connectivity index (χ0n) is 15.2. The summed E-state index contributed by atoms with van der Waals surface area (Å²) in [6.45, 7) is 2.33. The standard InChI is InChI=1S/C20H23ClN2O3S/c1-15-10-11-16(13-19(15)21)22-20(24)14-17-7-5-6-12-23(17)27(25,26)18-8-3-2-4-9-18/h2-4,8-11,13,17H,5-7,12,14H2,1H3,(H,22,24)/t17-/m1/s1. The van der Waals surface area contributed by atoms with Gasteiger partial charge in [-0.15, -0.1) is 0 Å². The first-order valence-electron chi connectivity index (χ1n) is 9.01. The Morgan fingerprint density at radius 1 is 1.19 bits per heavy atom. The molecular weight excluding hydrogens is 384 g/mol. The Labute approximate surface area is 165 Å². The Morgan fingerprint density at radius 3 is 2.63 bits per heavy atom. The van der Waals surface area contributed by atoms with Crippen molar-refractivity contribution in [1.82, 2.24) is 4.31 Å². The number of carbonyl (C=O) groups is 1. The van der Waals surface area contributed by atoms with E-state index in [4.69, 9.17) is 11.6 Å². The third kappa shape index (κ3) is 4.69. The van der Waals surface area contributed by atoms with E-state index in [0.717, 1.165) is 18.4 Å². The number of hydrogen-bond acceptors (Lipinski definition) is 3. The van der Waals surface area contributed by atoms with Crippen LogP contribution >= 0.6 is 11.6 Å². The number of sulfonamides is 1. The second kappa shape index (κ2) is 8.42. The fourth-order valence-electron chi connectivity index (χ4n) is 3.32. The van der Waals surface area contributed by atoms with Gasteiger partial charge in [-0.25, -0.2) is 8.42 Å². The van der Waals surface area contributed by atoms with Gasteiger partial charge in [-0.05, 0) is 49.6 Å². The maximum atomic E-state index is 13.0. The summed E-state index contributed by atoms with van der Waals surface area (Å²) in [5.74, 6) is -0.213. The van der Waals surface area contributed by atoms with Crippen LogP contribution in [0.5, 0.6) is 0 Å². The Balaban J connectivity index is 1.73. The summed E-state index contributed by atoms with van der Waals surface area (Å²) in [6.07, 6.45) is 2.51. The van der Waals surface area contributed by atoms with Gasteiger partial charge in [0.1, 0.15) is 0 Å². The number of hydrogen-bond donors (Lipinski definition) is 1. The first-order valence-corrected chi connectivity index (χ1v) is 10.8. The molecule has 1 aliphatic heterocycles. The third-order valence-corrected chi connectivity index (χ3v) is 7.17. The normalized spacial score (nSPS) is 18.2. The van der Waals surface area contributed by atoms with Crippen LogP contribution in [0.25, 0.3) is 0 Å². The summed E-state index contributed by atoms with van der Waals surface area (Å²) < 4.78 is 27.5. The van der Waals surface area contributed by atoms with Crippen molar-refractivity contribution < 1.29 is 13.2 Å². The molecule has 2 aromatic rings. The number of carbonyl (C=O) groups excluding carboxylic acids is 1. The van der Waals surface area contributed by atoms with Crippen molar-refractivity contribution in [3.05, 3.63) is 59.1 Å². The molecular formula is C20H23ClN2O3S. The molecule has 0 aliphatic carbocycles. The van der Waals surface area contributed by atoms with Crippen LogP contribution in [0.15, 0.2) is 53.4 Å². The molecule has 1 N–H and O–H groups in total. The molecule has 0 unspecified atom stereocenters. The van der Waals surface area contributed by atoms with Crippen LogP contribution in [0.1, 0.15) is 31.2 Å². The predicted molar refractivity (Wildman–Crippen MR) is 107 cm³/mol. The number of rotatable bonds is 5. The molecule has 1 atom stereocenters. The van der Waals surface area contributed by atoms with Crippen molar-refractivity contribution in [1.29, 1.82) is 0 Å². The average Bonchev–Trinajstić information content (AvgIpc) is 2.66. The number of piperidine rings is 1. The maximum absolute atomic E-state index is 13.0. The summed E-state index contributed by atoms with van der Waals surface area (Å²) in [5.41, 5.74) is 1.55. The lowest BCUT2D eigenvalue weighted by molar-refractivity contribution is -0.117. The Morgan fingerprint density at radius 2 is 1.93 bits per heavy atom. The van der Waals surface area contributed by atoms with Gasteiger partial charge in [0, 0.05) is 29.7 Å². The van der Waals surface area contributed by atoms with Crippen molar-refractivity contribution in [3.8, 4) is 0 Å². The van der Waals surface area contributed by atoms with Gasteiger partial charge < -0.3 is 5.32 Å². The number of halogens is 1. The van der Waals surface area contributed by atoms with Gasteiger partial charge in [0.15, 0.2) is 0 Å². The SMILES string of the molecule is Cc1ccc(NC(=O)C[C@H]2CCCCN2S(=O)(=O)c2ccccc2)cc1Cl. The minimum atomic E-state index is -3.61. The van der Waals surface area contributed by atoms with Gasteiger partial charge in [0.25, 0.3) is 0 Å². The Bertz CT molecular complexity index is 916. The molecule has 0 spiro atoms. The van der Waals surface area contributed by atoms with Crippen molar-refractivity contribution in [2.24, 2.45) is 0 Å². The molecule has 0 bridgehead atoms. The molecule has 5 nitrogen and oxygen atoms in total. The van der Waals surface area contributed by atoms with E-state index in [9.17, 15) is 13.2 Å². The molecule has 1 saturated heterocycles. The number of amides is 1. The fourth-order valence-corrected chi connectivity index (χ4v) is 5.21. The van der Waals surface area contributed by atoms with Crippen LogP contribution in [-0.2, 0) is 14.8 Å². The van der Waals surface area contributed by atoms with Gasteiger partial charge in [-0.2, -0.15) is 4.31 Å². The number of benzene rings is 2. The number of aryl methyl sites for hydroxylation is 1. The molecule has 1 heterocycles. The van der Waals surface area contributed by atoms with Gasteiger partial charge in [-0.1, -0.05) is 42.3 Å². The summed E-state index contributed by atoms with van der Waals surface area (Å²) in [6, 6.07) is 13.4. The van der Waals surface area contributed by atoms with E-state index in [1.807, 2.05) is 13.0 Å². The van der Waals surface area contributed by atoms with Crippen LogP contribution < -0.4 is 5.32 Å². The molecule has 3 rings (SSSR count). The molecule has 0 saturated carbocycles. The van der Waals surface area contributed by atoms with Crippen LogP contribution in [0.2, 0.25) is 5.02 Å². The highest BCUT2D eigenvalue weighted by Gasteiger charge is 2.34. The lowest BCUT2D eigenvalue weighted by Crippen LogP contribution is -2.45. The van der Waals surface area contributed by atoms with Gasteiger partial charge in [0.2, 0.25) is 15.9 Å². The van der Waals surface area contributed by atoms with Gasteiger partial charge >= 0.3 is 0 Å². The highest BCUT2D eigenvalue weighted by atomic mass is 35.5. The molecule has 2 aromatic carbocycles. The quantitative estimate of drug-likeness (QED) is 0.808. The van der Waals surface area contributed by atoms with Gasteiger partial charge in [0.05, 0.1) is 4.90 Å². The smallest absolute Gasteiger partial charge is 0.243 e. The first-order chi connectivity index (χ1) is 12.9. The van der Waals surface area contributed by atoms with E-state index < -0.39 is 10.0 Å². The lowest BCUT2D eigenvalue weighted by Gasteiger charge is -2.34. The topological polar surface area (TPSA) is 66.5 Å². The monoisotopic (exact) mass is 406 g/mol. The van der Waals surface area contributed by atoms with E-state index in [1.165, 1.54) is 4.31 Å². The summed E-state index contributed by atoms with van der Waals surface area (Å²) in [7, 11) is -3.61. The third-order valence-electron chi connectivity index (χ3n) is 4.80. The zero-order valence-corrected chi connectivity index (χ0v) is 16.8. The number of nitrogens with zero attached hydrogens (tertiary/aromatic N) is 1. The second-order valence-electron chi connectivity index (χ2n) is 6.79. The highest BCUT2D eigenvalue weighted by Crippen LogP contribution is 2.27. The molecule has 144 valence electrons. The molecule has 7 heteroatoms. The van der Waals surface area contributed by atoms with E-state index in [2.05, 4.69) is 5.32 Å².